The van der Waals surface area contributed by atoms with Gasteiger partial charge in [-0.15, -0.1) is 0 Å². The third kappa shape index (κ3) is 5.04. The Bertz CT molecular complexity index is 554. The van der Waals surface area contributed by atoms with Gasteiger partial charge in [-0.3, -0.25) is 16.0 Å². The van der Waals surface area contributed by atoms with E-state index in [1.54, 1.807) is 7.11 Å². The Labute approximate surface area is 184 Å². The Morgan fingerprint density at radius 2 is 1.86 bits per heavy atom. The van der Waals surface area contributed by atoms with Gasteiger partial charge in [0.15, 0.2) is 0 Å². The van der Waals surface area contributed by atoms with Gasteiger partial charge in [-0.05, 0) is 39.0 Å². The quantitative estimate of drug-likeness (QED) is 0.290. The van der Waals surface area contributed by atoms with Gasteiger partial charge >= 0.3 is 6.18 Å². The molecule has 4 nitrogen and oxygen atoms in total. The molecule has 170 valence electrons. The topological polar surface area (TPSA) is 45.3 Å². The molecule has 2 saturated carbocycles. The zero-order valence-electron chi connectivity index (χ0n) is 17.5. The molecular formula is C20H34F4IN3O. The van der Waals surface area contributed by atoms with E-state index in [-0.39, 0.29) is 42.9 Å². The average Bonchev–Trinajstić information content (AvgIpc) is 2.62. The van der Waals surface area contributed by atoms with Crippen LogP contribution >= 0.6 is 22.6 Å². The summed E-state index contributed by atoms with van der Waals surface area (Å²) < 4.78 is 60.6. The summed E-state index contributed by atoms with van der Waals surface area (Å²) in [5.74, 6) is -1.89. The maximum atomic E-state index is 14.8. The van der Waals surface area contributed by atoms with E-state index in [1.165, 1.54) is 0 Å². The average molecular weight is 535 g/mol. The number of rotatable bonds is 4. The van der Waals surface area contributed by atoms with Crippen LogP contribution in [0.25, 0.3) is 0 Å². The lowest BCUT2D eigenvalue weighted by Crippen LogP contribution is -2.72. The normalized spacial score (nSPS) is 47.5. The molecule has 3 N–H and O–H groups in total. The lowest BCUT2D eigenvalue weighted by molar-refractivity contribution is -0.206. The molecule has 0 spiro atoms. The van der Waals surface area contributed by atoms with E-state index in [1.807, 2.05) is 13.8 Å². The first kappa shape index (κ1) is 23.9. The number of ether oxygens (including phenoxy) is 1. The van der Waals surface area contributed by atoms with Gasteiger partial charge in [-0.2, -0.15) is 13.2 Å². The fourth-order valence-corrected chi connectivity index (χ4v) is 7.35. The van der Waals surface area contributed by atoms with Crippen molar-refractivity contribution >= 4 is 22.6 Å². The van der Waals surface area contributed by atoms with Crippen LogP contribution in [0.4, 0.5) is 17.6 Å². The lowest BCUT2D eigenvalue weighted by atomic mass is 9.72. The van der Waals surface area contributed by atoms with Crippen LogP contribution in [0.5, 0.6) is 0 Å². The fraction of sp³-hybridized carbons (Fsp3) is 1.00. The van der Waals surface area contributed by atoms with E-state index < -0.39 is 24.2 Å². The largest absolute Gasteiger partial charge is 0.394 e. The molecule has 1 heterocycles. The Kier molecular flexibility index (Phi) is 7.78. The van der Waals surface area contributed by atoms with Gasteiger partial charge in [-0.25, -0.2) is 4.39 Å². The van der Waals surface area contributed by atoms with Crippen LogP contribution in [0.3, 0.4) is 0 Å². The second kappa shape index (κ2) is 9.42. The van der Waals surface area contributed by atoms with Crippen molar-refractivity contribution < 1.29 is 22.3 Å². The van der Waals surface area contributed by atoms with Crippen molar-refractivity contribution in [2.24, 2.45) is 23.7 Å². The molecule has 0 aromatic heterocycles. The maximum absolute atomic E-state index is 14.8. The number of hydrogen-bond donors (Lipinski definition) is 3. The molecule has 0 aromatic carbocycles. The highest BCUT2D eigenvalue weighted by molar-refractivity contribution is 14.1. The Hall–Kier alpha value is 0.290. The molecular weight excluding hydrogens is 501 g/mol. The molecule has 9 heteroatoms. The summed E-state index contributed by atoms with van der Waals surface area (Å²) in [7, 11) is 1.75. The number of methoxy groups -OCH3 is 1. The highest BCUT2D eigenvalue weighted by Crippen LogP contribution is 2.43. The fourth-order valence-electron chi connectivity index (χ4n) is 5.81. The van der Waals surface area contributed by atoms with Crippen molar-refractivity contribution in [3.05, 3.63) is 0 Å². The highest BCUT2D eigenvalue weighted by Gasteiger charge is 2.52. The summed E-state index contributed by atoms with van der Waals surface area (Å²) in [4.78, 5) is 0. The van der Waals surface area contributed by atoms with Crippen LogP contribution < -0.4 is 16.0 Å². The van der Waals surface area contributed by atoms with Gasteiger partial charge in [0.1, 0.15) is 6.17 Å². The van der Waals surface area contributed by atoms with Gasteiger partial charge in [0.2, 0.25) is 0 Å². The first-order valence-electron chi connectivity index (χ1n) is 10.7. The minimum atomic E-state index is -4.47. The summed E-state index contributed by atoms with van der Waals surface area (Å²) in [6.45, 7) is 6.07. The lowest BCUT2D eigenvalue weighted by Gasteiger charge is -2.53. The highest BCUT2D eigenvalue weighted by atomic mass is 127. The molecule has 0 amide bonds. The van der Waals surface area contributed by atoms with E-state index in [0.717, 1.165) is 6.42 Å². The summed E-state index contributed by atoms with van der Waals surface area (Å²) in [5, 5.41) is 10.6. The molecule has 3 fully saturated rings. The summed E-state index contributed by atoms with van der Waals surface area (Å²) in [6.07, 6.45) is -4.42. The Morgan fingerprint density at radius 1 is 1.17 bits per heavy atom. The first-order valence-corrected chi connectivity index (χ1v) is 11.9. The predicted octanol–water partition coefficient (Wildman–Crippen LogP) is 3.99. The zero-order chi connectivity index (χ0) is 21.5. The van der Waals surface area contributed by atoms with Gasteiger partial charge in [0.25, 0.3) is 0 Å². The minimum Gasteiger partial charge on any atom is -0.380 e. The monoisotopic (exact) mass is 535 g/mol. The molecule has 3 aliphatic rings. The smallest absolute Gasteiger partial charge is 0.380 e. The molecule has 0 radical (unpaired) electrons. The van der Waals surface area contributed by atoms with Crippen molar-refractivity contribution in [2.75, 3.05) is 7.11 Å². The third-order valence-electron chi connectivity index (χ3n) is 7.32. The molecule has 29 heavy (non-hydrogen) atoms. The summed E-state index contributed by atoms with van der Waals surface area (Å²) in [5.41, 5.74) is 0. The minimum absolute atomic E-state index is 0.0575. The van der Waals surface area contributed by atoms with Crippen LogP contribution in [0.15, 0.2) is 0 Å². The van der Waals surface area contributed by atoms with Crippen molar-refractivity contribution in [3.8, 4) is 0 Å². The van der Waals surface area contributed by atoms with Gasteiger partial charge in [0.05, 0.1) is 24.4 Å². The van der Waals surface area contributed by atoms with Gasteiger partial charge in [0, 0.05) is 35.0 Å². The molecule has 0 aromatic rings. The standard InChI is InChI=1S/C20H34F4IN3O/c1-9-17-13(8-15(25)18(9)29-4)19(28-11(3)27-17)26-10(2)12-6-5-7-14(16(12)21)20(22,23)24/h9-19,26-28H,5-8H2,1-4H3. The van der Waals surface area contributed by atoms with Crippen molar-refractivity contribution in [3.63, 3.8) is 0 Å². The van der Waals surface area contributed by atoms with E-state index in [0.29, 0.717) is 22.7 Å². The molecule has 11 atom stereocenters. The Balaban J connectivity index is 1.71. The number of hydrogen-bond acceptors (Lipinski definition) is 4. The molecule has 2 aliphatic carbocycles. The predicted molar refractivity (Wildman–Crippen MR) is 114 cm³/mol. The number of nitrogens with one attached hydrogen (secondary N) is 3. The molecule has 0 bridgehead atoms. The third-order valence-corrected chi connectivity index (χ3v) is 8.54. The van der Waals surface area contributed by atoms with E-state index in [9.17, 15) is 17.6 Å². The molecule has 11 unspecified atom stereocenters. The first-order chi connectivity index (χ1) is 13.5. The van der Waals surface area contributed by atoms with Crippen LogP contribution in [0.1, 0.15) is 46.5 Å². The summed E-state index contributed by atoms with van der Waals surface area (Å²) in [6, 6.07) is -0.0934. The number of fused-ring (bicyclic) bond motifs is 1. The number of halogens is 5. The zero-order valence-corrected chi connectivity index (χ0v) is 19.6. The van der Waals surface area contributed by atoms with E-state index in [4.69, 9.17) is 4.74 Å². The van der Waals surface area contributed by atoms with Crippen LogP contribution in [0, 0.1) is 23.7 Å². The maximum Gasteiger partial charge on any atom is 0.394 e. The molecule has 1 aliphatic heterocycles. The van der Waals surface area contributed by atoms with E-state index >= 15 is 0 Å². The van der Waals surface area contributed by atoms with Crippen LogP contribution in [0.2, 0.25) is 0 Å². The van der Waals surface area contributed by atoms with Crippen LogP contribution in [-0.4, -0.2) is 53.9 Å². The van der Waals surface area contributed by atoms with E-state index in [2.05, 4.69) is 45.5 Å². The summed E-state index contributed by atoms with van der Waals surface area (Å²) >= 11 is 2.44. The number of alkyl halides is 5. The SMILES string of the molecule is COC1C(I)CC2C(NC(C)C3CCCC(C(F)(F)F)C3F)NC(C)NC2C1C. The van der Waals surface area contributed by atoms with Crippen molar-refractivity contribution in [1.29, 1.82) is 0 Å². The van der Waals surface area contributed by atoms with Crippen LogP contribution in [-0.2, 0) is 4.74 Å². The molecule has 1 saturated heterocycles. The Morgan fingerprint density at radius 3 is 2.48 bits per heavy atom. The van der Waals surface area contributed by atoms with Crippen molar-refractivity contribution in [1.82, 2.24) is 16.0 Å². The second-order valence-electron chi connectivity index (χ2n) is 9.18. The van der Waals surface area contributed by atoms with Gasteiger partial charge < -0.3 is 4.74 Å². The van der Waals surface area contributed by atoms with Gasteiger partial charge in [-0.1, -0.05) is 35.9 Å². The second-order valence-corrected chi connectivity index (χ2v) is 10.8. The molecule has 3 rings (SSSR count). The van der Waals surface area contributed by atoms with Crippen molar-refractivity contribution in [2.45, 2.75) is 93.2 Å².